The van der Waals surface area contributed by atoms with Crippen molar-refractivity contribution in [3.05, 3.63) is 35.9 Å². The van der Waals surface area contributed by atoms with Gasteiger partial charge in [0.25, 0.3) is 0 Å². The first-order chi connectivity index (χ1) is 8.26. The Morgan fingerprint density at radius 1 is 1.18 bits per heavy atom. The lowest BCUT2D eigenvalue weighted by Crippen LogP contribution is -2.32. The average molecular weight is 249 g/mol. The minimum atomic E-state index is 0.563. The van der Waals surface area contributed by atoms with Gasteiger partial charge >= 0.3 is 0 Å². The molecule has 0 aliphatic rings. The molecule has 2 N–H and O–H groups in total. The number of hydrogen-bond acceptors (Lipinski definition) is 2. The van der Waals surface area contributed by atoms with Crippen molar-refractivity contribution >= 4 is 23.0 Å². The van der Waals surface area contributed by atoms with E-state index in [1.165, 1.54) is 5.56 Å². The number of benzene rings is 1. The molecule has 3 nitrogen and oxygen atoms in total. The Morgan fingerprint density at radius 3 is 2.41 bits per heavy atom. The van der Waals surface area contributed by atoms with E-state index in [0.29, 0.717) is 5.11 Å². The van der Waals surface area contributed by atoms with Gasteiger partial charge in [-0.3, -0.25) is 5.43 Å². The van der Waals surface area contributed by atoms with E-state index < -0.39 is 0 Å². The molecule has 0 saturated carbocycles. The zero-order valence-electron chi connectivity index (χ0n) is 10.4. The third kappa shape index (κ3) is 5.45. The molecule has 0 unspecified atom stereocenters. The molecule has 0 aliphatic heterocycles. The molecule has 17 heavy (non-hydrogen) atoms. The van der Waals surface area contributed by atoms with Crippen molar-refractivity contribution in [2.24, 2.45) is 5.10 Å². The molecule has 0 atom stereocenters. The molecule has 0 radical (unpaired) electrons. The standard InChI is InChI=1S/C13H19N3S/c1-3-12(4-2)15-16-13(17)14-10-11-8-6-5-7-9-11/h5-9H,3-4,10H2,1-2H3,(H2,14,16,17). The summed E-state index contributed by atoms with van der Waals surface area (Å²) < 4.78 is 0. The van der Waals surface area contributed by atoms with Crippen molar-refractivity contribution in [3.8, 4) is 0 Å². The normalized spacial score (nSPS) is 9.53. The van der Waals surface area contributed by atoms with E-state index in [1.807, 2.05) is 18.2 Å². The fraction of sp³-hybridized carbons (Fsp3) is 0.385. The molecule has 0 aliphatic carbocycles. The van der Waals surface area contributed by atoms with Crippen molar-refractivity contribution in [1.82, 2.24) is 10.7 Å². The van der Waals surface area contributed by atoms with Crippen molar-refractivity contribution in [2.75, 3.05) is 0 Å². The second-order valence-electron chi connectivity index (χ2n) is 3.67. The van der Waals surface area contributed by atoms with Gasteiger partial charge in [0, 0.05) is 12.3 Å². The number of nitrogens with zero attached hydrogens (tertiary/aromatic N) is 1. The van der Waals surface area contributed by atoms with Crippen LogP contribution in [-0.2, 0) is 6.54 Å². The molecule has 92 valence electrons. The highest BCUT2D eigenvalue weighted by molar-refractivity contribution is 7.80. The van der Waals surface area contributed by atoms with Crippen LogP contribution >= 0.6 is 12.2 Å². The van der Waals surface area contributed by atoms with Crippen LogP contribution in [0.3, 0.4) is 0 Å². The minimum absolute atomic E-state index is 0.563. The number of hydrogen-bond donors (Lipinski definition) is 2. The third-order valence-corrected chi connectivity index (χ3v) is 2.66. The first-order valence-electron chi connectivity index (χ1n) is 5.89. The predicted octanol–water partition coefficient (Wildman–Crippen LogP) is 2.83. The number of nitrogens with one attached hydrogen (secondary N) is 2. The quantitative estimate of drug-likeness (QED) is 0.478. The molecule has 4 heteroatoms. The molecular formula is C13H19N3S. The van der Waals surface area contributed by atoms with Crippen LogP contribution in [0, 0.1) is 0 Å². The Bertz CT molecular complexity index is 368. The van der Waals surface area contributed by atoms with Gasteiger partial charge in [0.1, 0.15) is 0 Å². The summed E-state index contributed by atoms with van der Waals surface area (Å²) in [4.78, 5) is 0. The topological polar surface area (TPSA) is 36.4 Å². The smallest absolute Gasteiger partial charge is 0.187 e. The molecule has 1 aromatic carbocycles. The maximum atomic E-state index is 5.14. The maximum Gasteiger partial charge on any atom is 0.187 e. The Hall–Kier alpha value is -1.42. The predicted molar refractivity (Wildman–Crippen MR) is 77.0 cm³/mol. The Balaban J connectivity index is 2.33. The third-order valence-electron chi connectivity index (χ3n) is 2.43. The summed E-state index contributed by atoms with van der Waals surface area (Å²) in [7, 11) is 0. The van der Waals surface area contributed by atoms with Gasteiger partial charge < -0.3 is 5.32 Å². The lowest BCUT2D eigenvalue weighted by molar-refractivity contribution is 0.861. The van der Waals surface area contributed by atoms with Crippen LogP contribution < -0.4 is 10.7 Å². The Labute approximate surface area is 108 Å². The molecule has 0 bridgehead atoms. The van der Waals surface area contributed by atoms with Gasteiger partial charge in [-0.15, -0.1) is 0 Å². The zero-order chi connectivity index (χ0) is 12.5. The van der Waals surface area contributed by atoms with Crippen LogP contribution in [0.25, 0.3) is 0 Å². The SMILES string of the molecule is CCC(CC)=NNC(=S)NCc1ccccc1. The Morgan fingerprint density at radius 2 is 1.82 bits per heavy atom. The summed E-state index contributed by atoms with van der Waals surface area (Å²) in [5.74, 6) is 0. The molecule has 0 heterocycles. The van der Waals surface area contributed by atoms with Gasteiger partial charge in [-0.05, 0) is 30.6 Å². The first-order valence-corrected chi connectivity index (χ1v) is 6.30. The van der Waals surface area contributed by atoms with Crippen molar-refractivity contribution in [2.45, 2.75) is 33.2 Å². The van der Waals surface area contributed by atoms with Gasteiger partial charge in [0.2, 0.25) is 0 Å². The summed E-state index contributed by atoms with van der Waals surface area (Å²) in [6, 6.07) is 10.1. The van der Waals surface area contributed by atoms with Crippen LogP contribution in [0.4, 0.5) is 0 Å². The molecule has 0 aromatic heterocycles. The zero-order valence-corrected chi connectivity index (χ0v) is 11.2. The van der Waals surface area contributed by atoms with E-state index in [4.69, 9.17) is 12.2 Å². The van der Waals surface area contributed by atoms with E-state index >= 15 is 0 Å². The van der Waals surface area contributed by atoms with Crippen LogP contribution in [0.2, 0.25) is 0 Å². The van der Waals surface area contributed by atoms with Gasteiger partial charge in [0.05, 0.1) is 0 Å². The van der Waals surface area contributed by atoms with Gasteiger partial charge in [0.15, 0.2) is 5.11 Å². The second kappa shape index (κ2) is 7.79. The minimum Gasteiger partial charge on any atom is -0.357 e. The van der Waals surface area contributed by atoms with Gasteiger partial charge in [-0.2, -0.15) is 5.10 Å². The lowest BCUT2D eigenvalue weighted by atomic mass is 10.2. The maximum absolute atomic E-state index is 5.14. The highest BCUT2D eigenvalue weighted by Crippen LogP contribution is 1.97. The molecule has 1 aromatic rings. The largest absolute Gasteiger partial charge is 0.357 e. The second-order valence-corrected chi connectivity index (χ2v) is 4.07. The lowest BCUT2D eigenvalue weighted by Gasteiger charge is -2.08. The molecular weight excluding hydrogens is 230 g/mol. The van der Waals surface area contributed by atoms with Crippen LogP contribution in [0.5, 0.6) is 0 Å². The Kier molecular flexibility index (Phi) is 6.25. The molecule has 0 fully saturated rings. The summed E-state index contributed by atoms with van der Waals surface area (Å²) in [5.41, 5.74) is 5.18. The summed E-state index contributed by atoms with van der Waals surface area (Å²) >= 11 is 5.14. The summed E-state index contributed by atoms with van der Waals surface area (Å²) in [6.45, 7) is 4.89. The highest BCUT2D eigenvalue weighted by atomic mass is 32.1. The monoisotopic (exact) mass is 249 g/mol. The highest BCUT2D eigenvalue weighted by Gasteiger charge is 1.96. The van der Waals surface area contributed by atoms with E-state index in [1.54, 1.807) is 0 Å². The van der Waals surface area contributed by atoms with E-state index in [0.717, 1.165) is 25.1 Å². The fourth-order valence-electron chi connectivity index (χ4n) is 1.36. The van der Waals surface area contributed by atoms with E-state index in [2.05, 4.69) is 41.8 Å². The summed E-state index contributed by atoms with van der Waals surface area (Å²) in [5, 5.41) is 7.91. The van der Waals surface area contributed by atoms with Gasteiger partial charge in [-0.25, -0.2) is 0 Å². The van der Waals surface area contributed by atoms with Crippen LogP contribution in [-0.4, -0.2) is 10.8 Å². The van der Waals surface area contributed by atoms with Crippen molar-refractivity contribution in [3.63, 3.8) is 0 Å². The number of thiocarbonyl (C=S) groups is 1. The van der Waals surface area contributed by atoms with Crippen LogP contribution in [0.1, 0.15) is 32.3 Å². The average Bonchev–Trinajstić information content (AvgIpc) is 2.39. The first kappa shape index (κ1) is 13.6. The number of hydrazone groups is 1. The van der Waals surface area contributed by atoms with Crippen molar-refractivity contribution < 1.29 is 0 Å². The number of rotatable bonds is 5. The molecule has 0 saturated heterocycles. The fourth-order valence-corrected chi connectivity index (χ4v) is 1.47. The van der Waals surface area contributed by atoms with Crippen molar-refractivity contribution in [1.29, 1.82) is 0 Å². The van der Waals surface area contributed by atoms with E-state index in [9.17, 15) is 0 Å². The molecule has 0 spiro atoms. The van der Waals surface area contributed by atoms with Crippen LogP contribution in [0.15, 0.2) is 35.4 Å². The molecule has 0 amide bonds. The van der Waals surface area contributed by atoms with E-state index in [-0.39, 0.29) is 0 Å². The molecule has 1 rings (SSSR count). The van der Waals surface area contributed by atoms with Gasteiger partial charge in [-0.1, -0.05) is 44.2 Å². The summed E-state index contributed by atoms with van der Waals surface area (Å²) in [6.07, 6.45) is 1.90.